The summed E-state index contributed by atoms with van der Waals surface area (Å²) in [6.45, 7) is 1.07. The normalized spacial score (nSPS) is 10.8. The highest BCUT2D eigenvalue weighted by Crippen LogP contribution is 2.19. The summed E-state index contributed by atoms with van der Waals surface area (Å²) in [4.78, 5) is 37.3. The number of amides is 2. The number of hydrogen-bond acceptors (Lipinski definition) is 6. The van der Waals surface area contributed by atoms with Crippen LogP contribution in [0.15, 0.2) is 33.5 Å². The summed E-state index contributed by atoms with van der Waals surface area (Å²) in [6.07, 6.45) is 10.6. The lowest BCUT2D eigenvalue weighted by Crippen LogP contribution is -2.31. The molecule has 0 spiro atoms. The predicted octanol–water partition coefficient (Wildman–Crippen LogP) is 4.83. The molecule has 1 aromatic carbocycles. The van der Waals surface area contributed by atoms with Crippen molar-refractivity contribution >= 4 is 23.0 Å². The van der Waals surface area contributed by atoms with Gasteiger partial charge in [0.25, 0.3) is 5.91 Å². The number of rotatable bonds is 14. The van der Waals surface area contributed by atoms with Crippen LogP contribution in [-0.4, -0.2) is 49.3 Å². The number of benzene rings is 1. The Morgan fingerprint density at radius 3 is 2.21 bits per heavy atom. The molecule has 0 saturated heterocycles. The van der Waals surface area contributed by atoms with Crippen LogP contribution >= 0.6 is 0 Å². The lowest BCUT2D eigenvalue weighted by atomic mass is 10.1. The molecule has 1 aromatic heterocycles. The van der Waals surface area contributed by atoms with Gasteiger partial charge in [-0.25, -0.2) is 9.59 Å². The number of carbonyl (C=O) groups excluding carboxylic acids is 2. The first kappa shape index (κ1) is 26.2. The Hall–Kier alpha value is -3.03. The fourth-order valence-electron chi connectivity index (χ4n) is 3.66. The molecule has 8 heteroatoms. The number of hydrogen-bond donors (Lipinski definition) is 2. The van der Waals surface area contributed by atoms with E-state index in [-0.39, 0.29) is 28.9 Å². The number of phenols is 1. The van der Waals surface area contributed by atoms with Gasteiger partial charge in [-0.3, -0.25) is 4.79 Å². The van der Waals surface area contributed by atoms with E-state index in [1.807, 2.05) is 0 Å². The van der Waals surface area contributed by atoms with E-state index >= 15 is 0 Å². The Balaban J connectivity index is 1.55. The third-order valence-corrected chi connectivity index (χ3v) is 5.62. The van der Waals surface area contributed by atoms with Gasteiger partial charge in [-0.1, -0.05) is 51.4 Å². The van der Waals surface area contributed by atoms with Gasteiger partial charge in [0, 0.05) is 32.1 Å². The van der Waals surface area contributed by atoms with Crippen molar-refractivity contribution in [2.75, 3.05) is 27.2 Å². The van der Waals surface area contributed by atoms with E-state index in [1.165, 1.54) is 43.9 Å². The highest BCUT2D eigenvalue weighted by molar-refractivity contribution is 5.96. The van der Waals surface area contributed by atoms with Crippen molar-refractivity contribution < 1.29 is 23.8 Å². The highest BCUT2D eigenvalue weighted by Gasteiger charge is 2.17. The van der Waals surface area contributed by atoms with Gasteiger partial charge >= 0.3 is 11.7 Å². The van der Waals surface area contributed by atoms with Crippen LogP contribution in [0.1, 0.15) is 74.6 Å². The Morgan fingerprint density at radius 1 is 0.970 bits per heavy atom. The lowest BCUT2D eigenvalue weighted by molar-refractivity contribution is 0.0788. The van der Waals surface area contributed by atoms with E-state index < -0.39 is 5.63 Å². The second kappa shape index (κ2) is 14.2. The number of alkyl carbamates (subject to hydrolysis) is 1. The monoisotopic (exact) mass is 460 g/mol. The van der Waals surface area contributed by atoms with Crippen LogP contribution in [0.4, 0.5) is 4.79 Å². The molecule has 2 N–H and O–H groups in total. The zero-order valence-corrected chi connectivity index (χ0v) is 19.7. The van der Waals surface area contributed by atoms with Crippen LogP contribution in [0.3, 0.4) is 0 Å². The first-order valence-electron chi connectivity index (χ1n) is 11.8. The minimum atomic E-state index is -0.691. The Kier molecular flexibility index (Phi) is 11.3. The first-order valence-corrected chi connectivity index (χ1v) is 11.8. The Bertz CT molecular complexity index is 956. The fraction of sp³-hybridized carbons (Fsp3) is 0.560. The molecule has 0 aliphatic rings. The number of aromatic hydroxyl groups is 1. The maximum absolute atomic E-state index is 12.6. The van der Waals surface area contributed by atoms with Crippen molar-refractivity contribution in [2.24, 2.45) is 0 Å². The zero-order chi connectivity index (χ0) is 24.1. The molecule has 0 unspecified atom stereocenters. The molecule has 0 fully saturated rings. The molecule has 2 aromatic rings. The third-order valence-electron chi connectivity index (χ3n) is 5.62. The fourth-order valence-corrected chi connectivity index (χ4v) is 3.66. The van der Waals surface area contributed by atoms with E-state index in [0.29, 0.717) is 18.5 Å². The summed E-state index contributed by atoms with van der Waals surface area (Å²) in [6, 6.07) is 5.99. The van der Waals surface area contributed by atoms with Gasteiger partial charge in [-0.15, -0.1) is 0 Å². The minimum absolute atomic E-state index is 0.00597. The molecular weight excluding hydrogens is 424 g/mol. The second-order valence-corrected chi connectivity index (χ2v) is 8.32. The molecule has 0 saturated carbocycles. The van der Waals surface area contributed by atoms with Crippen molar-refractivity contribution in [3.63, 3.8) is 0 Å². The van der Waals surface area contributed by atoms with E-state index in [4.69, 9.17) is 9.15 Å². The van der Waals surface area contributed by atoms with Gasteiger partial charge in [-0.05, 0) is 31.0 Å². The van der Waals surface area contributed by atoms with E-state index in [1.54, 1.807) is 25.1 Å². The number of carbonyl (C=O) groups is 2. The van der Waals surface area contributed by atoms with Crippen molar-refractivity contribution in [1.82, 2.24) is 10.2 Å². The molecule has 8 nitrogen and oxygen atoms in total. The number of fused-ring (bicyclic) bond motifs is 1. The third kappa shape index (κ3) is 9.16. The molecule has 0 radical (unpaired) electrons. The maximum atomic E-state index is 12.6. The quantitative estimate of drug-likeness (QED) is 0.309. The number of phenolic OH excluding ortho intramolecular Hbond substituents is 1. The van der Waals surface area contributed by atoms with Crippen molar-refractivity contribution in [1.29, 1.82) is 0 Å². The van der Waals surface area contributed by atoms with Crippen LogP contribution in [-0.2, 0) is 4.74 Å². The highest BCUT2D eigenvalue weighted by atomic mass is 16.5. The smallest absolute Gasteiger partial charge is 0.406 e. The number of ether oxygens (including phenoxy) is 1. The maximum Gasteiger partial charge on any atom is 0.406 e. The topological polar surface area (TPSA) is 109 Å². The second-order valence-electron chi connectivity index (χ2n) is 8.32. The lowest BCUT2D eigenvalue weighted by Gasteiger charge is -2.16. The number of unbranched alkanes of at least 4 members (excludes halogenated alkanes) is 9. The average molecular weight is 461 g/mol. The van der Waals surface area contributed by atoms with Crippen LogP contribution in [0.2, 0.25) is 0 Å². The summed E-state index contributed by atoms with van der Waals surface area (Å²) in [5.41, 5.74) is -0.422. The van der Waals surface area contributed by atoms with Gasteiger partial charge in [0.2, 0.25) is 0 Å². The van der Waals surface area contributed by atoms with E-state index in [9.17, 15) is 19.5 Å². The summed E-state index contributed by atoms with van der Waals surface area (Å²) < 4.78 is 10.1. The predicted molar refractivity (Wildman–Crippen MR) is 128 cm³/mol. The van der Waals surface area contributed by atoms with Gasteiger partial charge in [0.1, 0.15) is 16.9 Å². The molecular formula is C25H36N2O6. The van der Waals surface area contributed by atoms with Gasteiger partial charge in [-0.2, -0.15) is 0 Å². The van der Waals surface area contributed by atoms with Gasteiger partial charge in [0.15, 0.2) is 0 Å². The molecule has 0 aliphatic heterocycles. The summed E-state index contributed by atoms with van der Waals surface area (Å²) >= 11 is 0. The molecule has 0 bridgehead atoms. The zero-order valence-electron chi connectivity index (χ0n) is 19.7. The van der Waals surface area contributed by atoms with Crippen LogP contribution < -0.4 is 10.9 Å². The Morgan fingerprint density at radius 2 is 1.58 bits per heavy atom. The largest absolute Gasteiger partial charge is 0.508 e. The molecule has 2 rings (SSSR count). The minimum Gasteiger partial charge on any atom is -0.508 e. The number of nitrogens with zero attached hydrogens (tertiary/aromatic N) is 1. The first-order chi connectivity index (χ1) is 15.9. The molecule has 2 amide bonds. The van der Waals surface area contributed by atoms with Gasteiger partial charge < -0.3 is 24.5 Å². The standard InChI is InChI=1S/C25H36N2O6/c1-26-25(31)32-16-12-10-8-6-4-3-5-7-9-11-15-27(2)23(29)21-17-19-13-14-20(28)18-22(19)33-24(21)30/h13-14,17-18,28H,3-12,15-16H2,1-2H3,(H,26,31). The molecule has 182 valence electrons. The Labute approximate surface area is 194 Å². The SMILES string of the molecule is CNC(=O)OCCCCCCCCCCCCN(C)C(=O)c1cc2ccc(O)cc2oc1=O. The van der Waals surface area contributed by atoms with Crippen LogP contribution in [0.25, 0.3) is 11.0 Å². The summed E-state index contributed by atoms with van der Waals surface area (Å²) in [7, 11) is 3.25. The summed E-state index contributed by atoms with van der Waals surface area (Å²) in [5.74, 6) is -0.342. The van der Waals surface area contributed by atoms with E-state index in [2.05, 4.69) is 5.32 Å². The van der Waals surface area contributed by atoms with Crippen molar-refractivity contribution in [3.8, 4) is 5.75 Å². The van der Waals surface area contributed by atoms with Crippen LogP contribution in [0, 0.1) is 0 Å². The van der Waals surface area contributed by atoms with E-state index in [0.717, 1.165) is 38.5 Å². The van der Waals surface area contributed by atoms with Crippen molar-refractivity contribution in [2.45, 2.75) is 64.2 Å². The molecule has 33 heavy (non-hydrogen) atoms. The van der Waals surface area contributed by atoms with Crippen LogP contribution in [0.5, 0.6) is 5.75 Å². The van der Waals surface area contributed by atoms with Crippen molar-refractivity contribution in [3.05, 3.63) is 40.2 Å². The molecule has 0 aliphatic carbocycles. The van der Waals surface area contributed by atoms with Gasteiger partial charge in [0.05, 0.1) is 6.61 Å². The summed E-state index contributed by atoms with van der Waals surface area (Å²) in [5, 5.41) is 12.5. The number of nitrogens with one attached hydrogen (secondary N) is 1. The molecule has 0 atom stereocenters. The molecule has 1 heterocycles. The average Bonchev–Trinajstić information content (AvgIpc) is 2.80.